The highest BCUT2D eigenvalue weighted by atomic mass is 35.5. The highest BCUT2D eigenvalue weighted by Gasteiger charge is 2.30. The minimum atomic E-state index is 0.238. The molecule has 1 aliphatic rings. The third-order valence-electron chi connectivity index (χ3n) is 4.24. The molecule has 2 rings (SSSR count). The SMILES string of the molecule is CCC(c1ccc(Cl)cc1)N1CCCCC1C(C)N. The van der Waals surface area contributed by atoms with Crippen molar-refractivity contribution in [3.05, 3.63) is 34.9 Å². The van der Waals surface area contributed by atoms with E-state index < -0.39 is 0 Å². The molecule has 0 aromatic heterocycles. The van der Waals surface area contributed by atoms with Crippen molar-refractivity contribution in [1.29, 1.82) is 0 Å². The average Bonchev–Trinajstić information content (AvgIpc) is 2.42. The lowest BCUT2D eigenvalue weighted by molar-refractivity contribution is 0.0784. The number of halogens is 1. The fourth-order valence-electron chi connectivity index (χ4n) is 3.28. The molecule has 0 bridgehead atoms. The second-order valence-electron chi connectivity index (χ2n) is 5.64. The minimum absolute atomic E-state index is 0.238. The topological polar surface area (TPSA) is 29.3 Å². The van der Waals surface area contributed by atoms with E-state index in [1.165, 1.54) is 24.8 Å². The van der Waals surface area contributed by atoms with Crippen LogP contribution in [-0.4, -0.2) is 23.5 Å². The van der Waals surface area contributed by atoms with Crippen molar-refractivity contribution in [3.8, 4) is 0 Å². The fraction of sp³-hybridized carbons (Fsp3) is 0.625. The molecule has 19 heavy (non-hydrogen) atoms. The number of benzene rings is 1. The number of rotatable bonds is 4. The maximum Gasteiger partial charge on any atom is 0.0406 e. The number of nitrogens with zero attached hydrogens (tertiary/aromatic N) is 1. The van der Waals surface area contributed by atoms with Crippen molar-refractivity contribution in [2.75, 3.05) is 6.54 Å². The van der Waals surface area contributed by atoms with Crippen molar-refractivity contribution >= 4 is 11.6 Å². The Labute approximate surface area is 121 Å². The van der Waals surface area contributed by atoms with Crippen LogP contribution in [0.4, 0.5) is 0 Å². The van der Waals surface area contributed by atoms with E-state index in [9.17, 15) is 0 Å². The number of nitrogens with two attached hydrogens (primary N) is 1. The maximum atomic E-state index is 6.19. The van der Waals surface area contributed by atoms with Crippen LogP contribution >= 0.6 is 11.6 Å². The van der Waals surface area contributed by atoms with Gasteiger partial charge in [0.25, 0.3) is 0 Å². The Morgan fingerprint density at radius 1 is 1.32 bits per heavy atom. The molecule has 2 nitrogen and oxygen atoms in total. The van der Waals surface area contributed by atoms with E-state index in [0.717, 1.165) is 18.0 Å². The van der Waals surface area contributed by atoms with Crippen LogP contribution < -0.4 is 5.73 Å². The molecule has 106 valence electrons. The van der Waals surface area contributed by atoms with Crippen LogP contribution in [0, 0.1) is 0 Å². The largest absolute Gasteiger partial charge is 0.327 e. The first-order chi connectivity index (χ1) is 9.13. The van der Waals surface area contributed by atoms with Gasteiger partial charge in [-0.15, -0.1) is 0 Å². The lowest BCUT2D eigenvalue weighted by Gasteiger charge is -2.43. The average molecular weight is 281 g/mol. The number of likely N-dealkylation sites (tertiary alicyclic amines) is 1. The third-order valence-corrected chi connectivity index (χ3v) is 4.49. The summed E-state index contributed by atoms with van der Waals surface area (Å²) >= 11 is 5.99. The van der Waals surface area contributed by atoms with Gasteiger partial charge in [-0.25, -0.2) is 0 Å². The summed E-state index contributed by atoms with van der Waals surface area (Å²) in [7, 11) is 0. The van der Waals surface area contributed by atoms with Crippen molar-refractivity contribution < 1.29 is 0 Å². The van der Waals surface area contributed by atoms with E-state index in [0.29, 0.717) is 12.1 Å². The van der Waals surface area contributed by atoms with Gasteiger partial charge < -0.3 is 5.73 Å². The van der Waals surface area contributed by atoms with E-state index in [4.69, 9.17) is 17.3 Å². The Kier molecular flexibility index (Phi) is 5.26. The van der Waals surface area contributed by atoms with E-state index in [2.05, 4.69) is 30.9 Å². The quantitative estimate of drug-likeness (QED) is 0.903. The molecule has 1 heterocycles. The maximum absolute atomic E-state index is 6.19. The standard InChI is InChI=1S/C16H25ClN2/c1-3-15(13-7-9-14(17)10-8-13)19-11-5-4-6-16(19)12(2)18/h7-10,12,15-16H,3-6,11,18H2,1-2H3. The molecule has 0 amide bonds. The molecule has 1 aromatic rings. The monoisotopic (exact) mass is 280 g/mol. The first kappa shape index (κ1) is 14.8. The van der Waals surface area contributed by atoms with Gasteiger partial charge in [-0.1, -0.05) is 37.1 Å². The van der Waals surface area contributed by atoms with E-state index in [1.54, 1.807) is 0 Å². The lowest BCUT2D eigenvalue weighted by Crippen LogP contribution is -2.50. The van der Waals surface area contributed by atoms with Gasteiger partial charge in [0.1, 0.15) is 0 Å². The van der Waals surface area contributed by atoms with Gasteiger partial charge in [0.15, 0.2) is 0 Å². The Bertz CT molecular complexity index is 388. The van der Waals surface area contributed by atoms with E-state index in [1.807, 2.05) is 12.1 Å². The van der Waals surface area contributed by atoms with Crippen molar-refractivity contribution in [1.82, 2.24) is 4.90 Å². The van der Waals surface area contributed by atoms with Gasteiger partial charge in [0.05, 0.1) is 0 Å². The summed E-state index contributed by atoms with van der Waals surface area (Å²) in [6.07, 6.45) is 4.93. The van der Waals surface area contributed by atoms with E-state index >= 15 is 0 Å². The molecule has 0 saturated carbocycles. The van der Waals surface area contributed by atoms with E-state index in [-0.39, 0.29) is 6.04 Å². The molecule has 3 atom stereocenters. The van der Waals surface area contributed by atoms with Gasteiger partial charge in [-0.2, -0.15) is 0 Å². The summed E-state index contributed by atoms with van der Waals surface area (Å²) in [5.74, 6) is 0. The van der Waals surface area contributed by atoms with Crippen LogP contribution in [0.2, 0.25) is 5.02 Å². The normalized spacial score (nSPS) is 24.1. The summed E-state index contributed by atoms with van der Waals surface area (Å²) in [5, 5.41) is 0.806. The van der Waals surface area contributed by atoms with Crippen LogP contribution in [0.15, 0.2) is 24.3 Å². The number of hydrogen-bond acceptors (Lipinski definition) is 2. The number of piperidine rings is 1. The fourth-order valence-corrected chi connectivity index (χ4v) is 3.40. The second kappa shape index (κ2) is 6.74. The Morgan fingerprint density at radius 2 is 2.00 bits per heavy atom. The zero-order valence-corrected chi connectivity index (χ0v) is 12.7. The lowest BCUT2D eigenvalue weighted by atomic mass is 9.92. The van der Waals surface area contributed by atoms with Crippen LogP contribution in [0.5, 0.6) is 0 Å². The van der Waals surface area contributed by atoms with Crippen LogP contribution in [0.1, 0.15) is 51.1 Å². The summed E-state index contributed by atoms with van der Waals surface area (Å²) in [6, 6.07) is 9.51. The van der Waals surface area contributed by atoms with Crippen LogP contribution in [-0.2, 0) is 0 Å². The smallest absolute Gasteiger partial charge is 0.0406 e. The Hall–Kier alpha value is -0.570. The van der Waals surface area contributed by atoms with Gasteiger partial charge in [0.2, 0.25) is 0 Å². The van der Waals surface area contributed by atoms with Crippen molar-refractivity contribution in [2.45, 2.75) is 57.7 Å². The summed E-state index contributed by atoms with van der Waals surface area (Å²) < 4.78 is 0. The molecule has 1 fully saturated rings. The summed E-state index contributed by atoms with van der Waals surface area (Å²) in [5.41, 5.74) is 7.55. The highest BCUT2D eigenvalue weighted by molar-refractivity contribution is 6.30. The minimum Gasteiger partial charge on any atom is -0.327 e. The van der Waals surface area contributed by atoms with Crippen LogP contribution in [0.3, 0.4) is 0 Å². The molecule has 0 aliphatic carbocycles. The van der Waals surface area contributed by atoms with Crippen molar-refractivity contribution in [3.63, 3.8) is 0 Å². The Morgan fingerprint density at radius 3 is 2.58 bits per heavy atom. The molecule has 3 heteroatoms. The predicted octanol–water partition coefficient (Wildman–Crippen LogP) is 3.99. The summed E-state index contributed by atoms with van der Waals surface area (Å²) in [4.78, 5) is 2.61. The summed E-state index contributed by atoms with van der Waals surface area (Å²) in [6.45, 7) is 5.55. The van der Waals surface area contributed by atoms with Gasteiger partial charge >= 0.3 is 0 Å². The molecule has 0 spiro atoms. The molecule has 0 radical (unpaired) electrons. The molecule has 1 aliphatic heterocycles. The first-order valence-corrected chi connectivity index (χ1v) is 7.78. The Balaban J connectivity index is 2.21. The molecular formula is C16H25ClN2. The molecule has 3 unspecified atom stereocenters. The van der Waals surface area contributed by atoms with Gasteiger partial charge in [-0.05, 0) is 50.4 Å². The van der Waals surface area contributed by atoms with Crippen molar-refractivity contribution in [2.24, 2.45) is 5.73 Å². The third kappa shape index (κ3) is 3.50. The van der Waals surface area contributed by atoms with Gasteiger partial charge in [-0.3, -0.25) is 4.90 Å². The zero-order chi connectivity index (χ0) is 13.8. The molecular weight excluding hydrogens is 256 g/mol. The molecule has 1 aromatic carbocycles. The molecule has 2 N–H and O–H groups in total. The predicted molar refractivity (Wildman–Crippen MR) is 82.5 cm³/mol. The second-order valence-corrected chi connectivity index (χ2v) is 6.07. The zero-order valence-electron chi connectivity index (χ0n) is 12.0. The number of hydrogen-bond donors (Lipinski definition) is 1. The highest BCUT2D eigenvalue weighted by Crippen LogP contribution is 2.32. The first-order valence-electron chi connectivity index (χ1n) is 7.40. The van der Waals surface area contributed by atoms with Crippen LogP contribution in [0.25, 0.3) is 0 Å². The molecule has 1 saturated heterocycles. The van der Waals surface area contributed by atoms with Gasteiger partial charge in [0, 0.05) is 23.1 Å².